The van der Waals surface area contributed by atoms with Gasteiger partial charge in [-0.15, -0.1) is 5.10 Å². The van der Waals surface area contributed by atoms with E-state index < -0.39 is 0 Å². The molecule has 1 aromatic heterocycles. The van der Waals surface area contributed by atoms with Crippen LogP contribution < -0.4 is 4.74 Å². The second-order valence-electron chi connectivity index (χ2n) is 5.78. The number of benzene rings is 3. The SMILES string of the molecule is Fc1ccccc1-n1cc(COc2ccc(-c3ccccc3)cc2)nn1. The van der Waals surface area contributed by atoms with E-state index in [1.54, 1.807) is 24.4 Å². The molecule has 0 aliphatic rings. The Morgan fingerprint density at radius 2 is 1.50 bits per heavy atom. The molecule has 0 saturated carbocycles. The molecule has 0 unspecified atom stereocenters. The van der Waals surface area contributed by atoms with E-state index in [0.29, 0.717) is 11.4 Å². The molecule has 0 atom stereocenters. The van der Waals surface area contributed by atoms with Gasteiger partial charge in [-0.1, -0.05) is 59.8 Å². The van der Waals surface area contributed by atoms with Gasteiger partial charge in [-0.3, -0.25) is 0 Å². The van der Waals surface area contributed by atoms with Gasteiger partial charge in [0.2, 0.25) is 0 Å². The first-order chi connectivity index (χ1) is 12.8. The summed E-state index contributed by atoms with van der Waals surface area (Å²) in [6, 6.07) is 24.5. The summed E-state index contributed by atoms with van der Waals surface area (Å²) in [6.07, 6.45) is 1.66. The van der Waals surface area contributed by atoms with Gasteiger partial charge in [0, 0.05) is 0 Å². The predicted molar refractivity (Wildman–Crippen MR) is 97.5 cm³/mol. The number of aromatic nitrogens is 3. The molecule has 0 N–H and O–H groups in total. The van der Waals surface area contributed by atoms with Crippen molar-refractivity contribution in [3.05, 3.63) is 96.6 Å². The molecule has 1 heterocycles. The Balaban J connectivity index is 1.43. The van der Waals surface area contributed by atoms with E-state index in [4.69, 9.17) is 4.74 Å². The maximum atomic E-state index is 13.8. The minimum Gasteiger partial charge on any atom is -0.487 e. The molecular weight excluding hydrogens is 329 g/mol. The lowest BCUT2D eigenvalue weighted by atomic mass is 10.1. The normalized spacial score (nSPS) is 10.7. The molecule has 26 heavy (non-hydrogen) atoms. The molecule has 5 heteroatoms. The van der Waals surface area contributed by atoms with Gasteiger partial charge in [0.15, 0.2) is 0 Å². The van der Waals surface area contributed by atoms with Crippen LogP contribution in [-0.2, 0) is 6.61 Å². The molecule has 0 fully saturated rings. The van der Waals surface area contributed by atoms with E-state index in [9.17, 15) is 4.39 Å². The van der Waals surface area contributed by atoms with Gasteiger partial charge in [-0.2, -0.15) is 0 Å². The first-order valence-electron chi connectivity index (χ1n) is 8.24. The van der Waals surface area contributed by atoms with E-state index in [1.807, 2.05) is 42.5 Å². The van der Waals surface area contributed by atoms with Crippen molar-refractivity contribution < 1.29 is 9.13 Å². The molecule has 0 amide bonds. The van der Waals surface area contributed by atoms with Gasteiger partial charge in [0.05, 0.1) is 6.20 Å². The standard InChI is InChI=1S/C21H16FN3O/c22-20-8-4-5-9-21(20)25-14-18(23-24-25)15-26-19-12-10-17(11-13-19)16-6-2-1-3-7-16/h1-14H,15H2. The first-order valence-corrected chi connectivity index (χ1v) is 8.24. The summed E-state index contributed by atoms with van der Waals surface area (Å²) in [5.74, 6) is 0.395. The van der Waals surface area contributed by atoms with Crippen molar-refractivity contribution >= 4 is 0 Å². The van der Waals surface area contributed by atoms with Crippen LogP contribution in [0.3, 0.4) is 0 Å². The Hall–Kier alpha value is -3.47. The first kappa shape index (κ1) is 16.0. The molecule has 0 bridgehead atoms. The van der Waals surface area contributed by atoms with Crippen LogP contribution in [0, 0.1) is 5.82 Å². The fourth-order valence-corrected chi connectivity index (χ4v) is 2.65. The maximum absolute atomic E-state index is 13.8. The minimum atomic E-state index is -0.346. The molecule has 0 aliphatic heterocycles. The molecular formula is C21H16FN3O. The average Bonchev–Trinajstić information content (AvgIpc) is 3.17. The number of nitrogens with zero attached hydrogens (tertiary/aromatic N) is 3. The summed E-state index contributed by atoms with van der Waals surface area (Å²) < 4.78 is 21.0. The van der Waals surface area contributed by atoms with Crippen LogP contribution >= 0.6 is 0 Å². The van der Waals surface area contributed by atoms with Gasteiger partial charge in [0.1, 0.15) is 29.6 Å². The largest absolute Gasteiger partial charge is 0.487 e. The van der Waals surface area contributed by atoms with Gasteiger partial charge in [-0.25, -0.2) is 9.07 Å². The zero-order valence-electron chi connectivity index (χ0n) is 13.9. The highest BCUT2D eigenvalue weighted by Crippen LogP contribution is 2.22. The van der Waals surface area contributed by atoms with Crippen molar-refractivity contribution in [2.45, 2.75) is 6.61 Å². The number of rotatable bonds is 5. The fraction of sp³-hybridized carbons (Fsp3) is 0.0476. The van der Waals surface area contributed by atoms with Crippen LogP contribution in [-0.4, -0.2) is 15.0 Å². The Kier molecular flexibility index (Phi) is 4.43. The van der Waals surface area contributed by atoms with Crippen LogP contribution in [0.4, 0.5) is 4.39 Å². The van der Waals surface area contributed by atoms with Crippen molar-refractivity contribution in [3.8, 4) is 22.6 Å². The zero-order valence-corrected chi connectivity index (χ0v) is 13.9. The summed E-state index contributed by atoms with van der Waals surface area (Å²) in [7, 11) is 0. The van der Waals surface area contributed by atoms with Crippen molar-refractivity contribution in [2.24, 2.45) is 0 Å². The number of halogens is 1. The van der Waals surface area contributed by atoms with Crippen molar-refractivity contribution in [2.75, 3.05) is 0 Å². The highest BCUT2D eigenvalue weighted by Gasteiger charge is 2.07. The summed E-state index contributed by atoms with van der Waals surface area (Å²) in [5.41, 5.74) is 3.27. The number of ether oxygens (including phenoxy) is 1. The van der Waals surface area contributed by atoms with Crippen molar-refractivity contribution in [1.82, 2.24) is 15.0 Å². The van der Waals surface area contributed by atoms with Crippen LogP contribution in [0.2, 0.25) is 0 Å². The molecule has 0 aliphatic carbocycles. The topological polar surface area (TPSA) is 39.9 Å². The van der Waals surface area contributed by atoms with Crippen LogP contribution in [0.5, 0.6) is 5.75 Å². The number of hydrogen-bond acceptors (Lipinski definition) is 3. The quantitative estimate of drug-likeness (QED) is 0.528. The van der Waals surface area contributed by atoms with Crippen LogP contribution in [0.1, 0.15) is 5.69 Å². The Morgan fingerprint density at radius 1 is 0.808 bits per heavy atom. The molecule has 4 rings (SSSR count). The fourth-order valence-electron chi connectivity index (χ4n) is 2.65. The molecule has 128 valence electrons. The van der Waals surface area contributed by atoms with Gasteiger partial charge in [-0.05, 0) is 35.4 Å². The second kappa shape index (κ2) is 7.19. The molecule has 4 nitrogen and oxygen atoms in total. The summed E-state index contributed by atoms with van der Waals surface area (Å²) in [4.78, 5) is 0. The highest BCUT2D eigenvalue weighted by atomic mass is 19.1. The lowest BCUT2D eigenvalue weighted by molar-refractivity contribution is 0.301. The van der Waals surface area contributed by atoms with Crippen molar-refractivity contribution in [3.63, 3.8) is 0 Å². The summed E-state index contributed by atoms with van der Waals surface area (Å²) in [6.45, 7) is 0.263. The third-order valence-corrected chi connectivity index (χ3v) is 3.99. The number of hydrogen-bond donors (Lipinski definition) is 0. The summed E-state index contributed by atoms with van der Waals surface area (Å²) in [5, 5.41) is 8.00. The maximum Gasteiger partial charge on any atom is 0.148 e. The number of para-hydroxylation sites is 1. The van der Waals surface area contributed by atoms with E-state index in [-0.39, 0.29) is 12.4 Å². The predicted octanol–water partition coefficient (Wildman–Crippen LogP) is 4.65. The van der Waals surface area contributed by atoms with E-state index >= 15 is 0 Å². The van der Waals surface area contributed by atoms with E-state index in [0.717, 1.165) is 16.9 Å². The molecule has 0 radical (unpaired) electrons. The Bertz CT molecular complexity index is 997. The Morgan fingerprint density at radius 3 is 2.27 bits per heavy atom. The lowest BCUT2D eigenvalue weighted by Crippen LogP contribution is -1.98. The average molecular weight is 345 g/mol. The zero-order chi connectivity index (χ0) is 17.8. The second-order valence-corrected chi connectivity index (χ2v) is 5.78. The van der Waals surface area contributed by atoms with Crippen LogP contribution in [0.25, 0.3) is 16.8 Å². The van der Waals surface area contributed by atoms with Gasteiger partial charge in [0.25, 0.3) is 0 Å². The van der Waals surface area contributed by atoms with Crippen LogP contribution in [0.15, 0.2) is 85.1 Å². The Labute approximate surface area is 150 Å². The van der Waals surface area contributed by atoms with E-state index in [2.05, 4.69) is 22.4 Å². The van der Waals surface area contributed by atoms with E-state index in [1.165, 1.54) is 10.7 Å². The molecule has 0 spiro atoms. The van der Waals surface area contributed by atoms with Gasteiger partial charge < -0.3 is 4.74 Å². The molecule has 0 saturated heterocycles. The molecule has 3 aromatic carbocycles. The summed E-state index contributed by atoms with van der Waals surface area (Å²) >= 11 is 0. The minimum absolute atomic E-state index is 0.263. The van der Waals surface area contributed by atoms with Crippen molar-refractivity contribution in [1.29, 1.82) is 0 Å². The third-order valence-electron chi connectivity index (χ3n) is 3.99. The molecule has 4 aromatic rings. The smallest absolute Gasteiger partial charge is 0.148 e. The third kappa shape index (κ3) is 3.47. The lowest BCUT2D eigenvalue weighted by Gasteiger charge is -2.06. The highest BCUT2D eigenvalue weighted by molar-refractivity contribution is 5.63. The monoisotopic (exact) mass is 345 g/mol. The van der Waals surface area contributed by atoms with Gasteiger partial charge >= 0.3 is 0 Å².